The van der Waals surface area contributed by atoms with Crippen LogP contribution in [0.5, 0.6) is 5.75 Å². The molecule has 15 heavy (non-hydrogen) atoms. The maximum Gasteiger partial charge on any atom is 0.142 e. The van der Waals surface area contributed by atoms with Gasteiger partial charge in [0.05, 0.1) is 12.3 Å². The van der Waals surface area contributed by atoms with Gasteiger partial charge in [0.1, 0.15) is 5.75 Å². The predicted molar refractivity (Wildman–Crippen MR) is 61.4 cm³/mol. The molecule has 1 fully saturated rings. The van der Waals surface area contributed by atoms with Crippen molar-refractivity contribution < 1.29 is 4.74 Å². The van der Waals surface area contributed by atoms with Crippen LogP contribution in [0.2, 0.25) is 0 Å². The smallest absolute Gasteiger partial charge is 0.142 e. The van der Waals surface area contributed by atoms with Gasteiger partial charge in [0, 0.05) is 12.0 Å². The molecule has 3 rings (SSSR count). The summed E-state index contributed by atoms with van der Waals surface area (Å²) in [6, 6.07) is 6.39. The lowest BCUT2D eigenvalue weighted by molar-refractivity contribution is 0.0765. The SMILES string of the molecule is Cc1ccc2c(c1)OCC1(CCC1)CN2. The maximum atomic E-state index is 5.92. The summed E-state index contributed by atoms with van der Waals surface area (Å²) < 4.78 is 5.92. The first-order chi connectivity index (χ1) is 7.27. The number of hydrogen-bond acceptors (Lipinski definition) is 2. The highest BCUT2D eigenvalue weighted by atomic mass is 16.5. The number of rotatable bonds is 0. The molecule has 0 amide bonds. The first-order valence-electron chi connectivity index (χ1n) is 5.75. The largest absolute Gasteiger partial charge is 0.491 e. The van der Waals surface area contributed by atoms with Gasteiger partial charge >= 0.3 is 0 Å². The van der Waals surface area contributed by atoms with Gasteiger partial charge in [0.15, 0.2) is 0 Å². The number of nitrogens with one attached hydrogen (secondary N) is 1. The lowest BCUT2D eigenvalue weighted by Crippen LogP contribution is -2.40. The Balaban J connectivity index is 1.88. The van der Waals surface area contributed by atoms with Crippen molar-refractivity contribution in [1.82, 2.24) is 0 Å². The van der Waals surface area contributed by atoms with Gasteiger partial charge < -0.3 is 10.1 Å². The number of anilines is 1. The molecule has 1 aromatic rings. The Hall–Kier alpha value is -1.18. The fourth-order valence-corrected chi connectivity index (χ4v) is 2.46. The van der Waals surface area contributed by atoms with E-state index in [1.807, 2.05) is 0 Å². The number of ether oxygens (including phenoxy) is 1. The minimum atomic E-state index is 0.424. The Morgan fingerprint density at radius 1 is 1.33 bits per heavy atom. The van der Waals surface area contributed by atoms with Gasteiger partial charge in [-0.05, 0) is 37.5 Å². The number of benzene rings is 1. The average molecular weight is 203 g/mol. The molecule has 0 aromatic heterocycles. The third-order valence-corrected chi connectivity index (χ3v) is 3.74. The van der Waals surface area contributed by atoms with Crippen molar-refractivity contribution in [2.45, 2.75) is 26.2 Å². The number of hydrogen-bond donors (Lipinski definition) is 1. The summed E-state index contributed by atoms with van der Waals surface area (Å²) >= 11 is 0. The third-order valence-electron chi connectivity index (χ3n) is 3.74. The molecule has 2 heteroatoms. The molecule has 2 aliphatic rings. The molecule has 0 radical (unpaired) electrons. The molecular formula is C13H17NO. The molecule has 0 unspecified atom stereocenters. The van der Waals surface area contributed by atoms with Gasteiger partial charge in [-0.2, -0.15) is 0 Å². The summed E-state index contributed by atoms with van der Waals surface area (Å²) in [7, 11) is 0. The topological polar surface area (TPSA) is 21.3 Å². The van der Waals surface area contributed by atoms with Crippen LogP contribution in [-0.4, -0.2) is 13.2 Å². The summed E-state index contributed by atoms with van der Waals surface area (Å²) in [4.78, 5) is 0. The molecular weight excluding hydrogens is 186 g/mol. The van der Waals surface area contributed by atoms with Crippen LogP contribution < -0.4 is 10.1 Å². The first-order valence-corrected chi connectivity index (χ1v) is 5.75. The number of fused-ring (bicyclic) bond motifs is 1. The third kappa shape index (κ3) is 1.48. The summed E-state index contributed by atoms with van der Waals surface area (Å²) in [6.07, 6.45) is 3.99. The second-order valence-corrected chi connectivity index (χ2v) is 5.00. The van der Waals surface area contributed by atoms with Crippen LogP contribution in [-0.2, 0) is 0 Å². The van der Waals surface area contributed by atoms with E-state index < -0.39 is 0 Å². The van der Waals surface area contributed by atoms with Crippen LogP contribution in [0.25, 0.3) is 0 Å². The van der Waals surface area contributed by atoms with Crippen molar-refractivity contribution in [3.8, 4) is 5.75 Å². The van der Waals surface area contributed by atoms with E-state index in [1.165, 1.54) is 24.8 Å². The average Bonchev–Trinajstić information content (AvgIpc) is 2.36. The Morgan fingerprint density at radius 2 is 2.20 bits per heavy atom. The molecule has 2 nitrogen and oxygen atoms in total. The summed E-state index contributed by atoms with van der Waals surface area (Å²) in [5.74, 6) is 1.03. The normalized spacial score (nSPS) is 21.9. The van der Waals surface area contributed by atoms with Gasteiger partial charge in [0.25, 0.3) is 0 Å². The zero-order valence-corrected chi connectivity index (χ0v) is 9.18. The maximum absolute atomic E-state index is 5.92. The zero-order valence-electron chi connectivity index (χ0n) is 9.18. The lowest BCUT2D eigenvalue weighted by atomic mass is 9.69. The quantitative estimate of drug-likeness (QED) is 0.700. The highest BCUT2D eigenvalue weighted by molar-refractivity contribution is 5.58. The van der Waals surface area contributed by atoms with E-state index in [9.17, 15) is 0 Å². The Labute approximate surface area is 90.6 Å². The van der Waals surface area contributed by atoms with Gasteiger partial charge in [-0.25, -0.2) is 0 Å². The minimum absolute atomic E-state index is 0.424. The highest BCUT2D eigenvalue weighted by Gasteiger charge is 2.39. The second-order valence-electron chi connectivity index (χ2n) is 5.00. The fourth-order valence-electron chi connectivity index (χ4n) is 2.46. The van der Waals surface area contributed by atoms with Crippen molar-refractivity contribution in [2.24, 2.45) is 5.41 Å². The van der Waals surface area contributed by atoms with E-state index >= 15 is 0 Å². The van der Waals surface area contributed by atoms with Crippen molar-refractivity contribution in [3.63, 3.8) is 0 Å². The lowest BCUT2D eigenvalue weighted by Gasteiger charge is -2.40. The van der Waals surface area contributed by atoms with E-state index in [-0.39, 0.29) is 0 Å². The Kier molecular flexibility index (Phi) is 1.91. The van der Waals surface area contributed by atoms with Crippen LogP contribution >= 0.6 is 0 Å². The molecule has 0 bridgehead atoms. The van der Waals surface area contributed by atoms with Gasteiger partial charge in [-0.15, -0.1) is 0 Å². The van der Waals surface area contributed by atoms with Crippen LogP contribution in [0.15, 0.2) is 18.2 Å². The van der Waals surface area contributed by atoms with E-state index in [1.54, 1.807) is 0 Å². The van der Waals surface area contributed by atoms with Crippen molar-refractivity contribution in [2.75, 3.05) is 18.5 Å². The standard InChI is InChI=1S/C13H17NO/c1-10-3-4-11-12(7-10)15-9-13(8-14-11)5-2-6-13/h3-4,7,14H,2,5-6,8-9H2,1H3. The van der Waals surface area contributed by atoms with Crippen LogP contribution in [0.4, 0.5) is 5.69 Å². The van der Waals surface area contributed by atoms with Gasteiger partial charge in [0.2, 0.25) is 0 Å². The van der Waals surface area contributed by atoms with Crippen molar-refractivity contribution in [3.05, 3.63) is 23.8 Å². The van der Waals surface area contributed by atoms with Gasteiger partial charge in [-0.1, -0.05) is 12.5 Å². The van der Waals surface area contributed by atoms with E-state index in [0.29, 0.717) is 5.41 Å². The summed E-state index contributed by atoms with van der Waals surface area (Å²) in [5, 5.41) is 3.52. The molecule has 1 aliphatic carbocycles. The van der Waals surface area contributed by atoms with Crippen molar-refractivity contribution >= 4 is 5.69 Å². The molecule has 1 aromatic carbocycles. The van der Waals surface area contributed by atoms with Crippen molar-refractivity contribution in [1.29, 1.82) is 0 Å². The molecule has 1 heterocycles. The fraction of sp³-hybridized carbons (Fsp3) is 0.538. The predicted octanol–water partition coefficient (Wildman–Crippen LogP) is 2.97. The van der Waals surface area contributed by atoms with E-state index in [2.05, 4.69) is 30.4 Å². The van der Waals surface area contributed by atoms with Crippen LogP contribution in [0, 0.1) is 12.3 Å². The first kappa shape index (κ1) is 9.08. The molecule has 0 saturated heterocycles. The highest BCUT2D eigenvalue weighted by Crippen LogP contribution is 2.44. The monoisotopic (exact) mass is 203 g/mol. The minimum Gasteiger partial charge on any atom is -0.491 e. The van der Waals surface area contributed by atoms with E-state index in [0.717, 1.165) is 24.6 Å². The molecule has 80 valence electrons. The van der Waals surface area contributed by atoms with Crippen LogP contribution in [0.3, 0.4) is 0 Å². The molecule has 1 N–H and O–H groups in total. The molecule has 1 aliphatic heterocycles. The summed E-state index contributed by atoms with van der Waals surface area (Å²) in [5.41, 5.74) is 2.84. The van der Waals surface area contributed by atoms with E-state index in [4.69, 9.17) is 4.74 Å². The molecule has 1 saturated carbocycles. The second kappa shape index (κ2) is 3.16. The summed E-state index contributed by atoms with van der Waals surface area (Å²) in [6.45, 7) is 4.06. The zero-order chi connectivity index (χ0) is 10.3. The Bertz CT molecular complexity index is 382. The molecule has 0 atom stereocenters. The number of aryl methyl sites for hydroxylation is 1. The molecule has 1 spiro atoms. The van der Waals surface area contributed by atoms with Crippen LogP contribution in [0.1, 0.15) is 24.8 Å². The van der Waals surface area contributed by atoms with Gasteiger partial charge in [-0.3, -0.25) is 0 Å². The Morgan fingerprint density at radius 3 is 2.93 bits per heavy atom.